The lowest BCUT2D eigenvalue weighted by Crippen LogP contribution is -2.43. The summed E-state index contributed by atoms with van der Waals surface area (Å²) >= 11 is 0. The maximum Gasteiger partial charge on any atom is 0.352 e. The zero-order valence-electron chi connectivity index (χ0n) is 13.8. The Hall–Kier alpha value is -3.16. The summed E-state index contributed by atoms with van der Waals surface area (Å²) in [4.78, 5) is 28.0. The summed E-state index contributed by atoms with van der Waals surface area (Å²) in [5.74, 6) is -0.489. The summed E-state index contributed by atoms with van der Waals surface area (Å²) in [6.45, 7) is 0.422. The zero-order chi connectivity index (χ0) is 17.8. The number of aromatic nitrogens is 2. The highest BCUT2D eigenvalue weighted by atomic mass is 16.4. The van der Waals surface area contributed by atoms with E-state index in [0.29, 0.717) is 18.7 Å². The van der Waals surface area contributed by atoms with Gasteiger partial charge in [0.2, 0.25) is 5.91 Å². The number of hydrogen-bond acceptors (Lipinski definition) is 5. The van der Waals surface area contributed by atoms with Gasteiger partial charge in [-0.1, -0.05) is 18.2 Å². The average molecular weight is 341 g/mol. The molecule has 8 heteroatoms. The van der Waals surface area contributed by atoms with Crippen LogP contribution in [0.15, 0.2) is 47.8 Å². The van der Waals surface area contributed by atoms with Crippen molar-refractivity contribution in [1.29, 1.82) is 0 Å². The van der Waals surface area contributed by atoms with Crippen molar-refractivity contribution in [3.05, 3.63) is 48.5 Å². The molecule has 1 aliphatic heterocycles. The van der Waals surface area contributed by atoms with Crippen molar-refractivity contribution in [3.63, 3.8) is 0 Å². The molecule has 1 aromatic heterocycles. The molecule has 0 fully saturated rings. The Bertz CT molecular complexity index is 800. The summed E-state index contributed by atoms with van der Waals surface area (Å²) in [5, 5.41) is 17.6. The fourth-order valence-electron chi connectivity index (χ4n) is 2.72. The van der Waals surface area contributed by atoms with E-state index in [0.717, 1.165) is 5.82 Å². The number of benzene rings is 1. The fourth-order valence-corrected chi connectivity index (χ4v) is 2.72. The third-order valence-corrected chi connectivity index (χ3v) is 4.05. The van der Waals surface area contributed by atoms with E-state index in [-0.39, 0.29) is 18.0 Å². The number of rotatable bonds is 6. The molecule has 2 N–H and O–H groups in total. The van der Waals surface area contributed by atoms with Crippen molar-refractivity contribution < 1.29 is 14.7 Å². The van der Waals surface area contributed by atoms with Gasteiger partial charge in [0.05, 0.1) is 5.69 Å². The molecule has 1 amide bonds. The van der Waals surface area contributed by atoms with E-state index >= 15 is 0 Å². The largest absolute Gasteiger partial charge is 0.477 e. The molecule has 1 unspecified atom stereocenters. The Kier molecular flexibility index (Phi) is 4.78. The molecule has 3 rings (SSSR count). The number of amides is 1. The first kappa shape index (κ1) is 16.7. The molecule has 0 saturated heterocycles. The van der Waals surface area contributed by atoms with Gasteiger partial charge in [-0.3, -0.25) is 9.80 Å². The lowest BCUT2D eigenvalue weighted by molar-refractivity contribution is -0.129. The van der Waals surface area contributed by atoms with Gasteiger partial charge in [0.15, 0.2) is 0 Å². The zero-order valence-corrected chi connectivity index (χ0v) is 13.8. The predicted octanol–water partition coefficient (Wildman–Crippen LogP) is 0.798. The summed E-state index contributed by atoms with van der Waals surface area (Å²) in [5.41, 5.74) is 0.663. The lowest BCUT2D eigenvalue weighted by atomic mass is 10.1. The lowest BCUT2D eigenvalue weighted by Gasteiger charge is -2.22. The number of nitrogens with one attached hydrogen (secondary N) is 1. The van der Waals surface area contributed by atoms with E-state index in [1.165, 1.54) is 5.01 Å². The second-order valence-electron chi connectivity index (χ2n) is 5.75. The van der Waals surface area contributed by atoms with Crippen molar-refractivity contribution in [2.75, 3.05) is 11.6 Å². The van der Waals surface area contributed by atoms with Crippen molar-refractivity contribution in [2.45, 2.75) is 18.9 Å². The number of para-hydroxylation sites is 1. The van der Waals surface area contributed by atoms with Crippen molar-refractivity contribution in [3.8, 4) is 0 Å². The minimum absolute atomic E-state index is 0.0203. The van der Waals surface area contributed by atoms with Crippen LogP contribution in [-0.4, -0.2) is 44.8 Å². The van der Waals surface area contributed by atoms with Gasteiger partial charge < -0.3 is 15.0 Å². The number of imidazole rings is 1. The molecular formula is C17H19N5O3. The van der Waals surface area contributed by atoms with Crippen LogP contribution in [0.2, 0.25) is 0 Å². The number of carbonyl (C=O) groups excluding carboxylic acids is 1. The minimum atomic E-state index is -1.11. The molecule has 0 bridgehead atoms. The smallest absolute Gasteiger partial charge is 0.352 e. The maximum absolute atomic E-state index is 12.6. The van der Waals surface area contributed by atoms with Crippen LogP contribution in [0.1, 0.15) is 12.2 Å². The second kappa shape index (κ2) is 7.16. The van der Waals surface area contributed by atoms with Gasteiger partial charge in [-0.15, -0.1) is 0 Å². The molecule has 2 heterocycles. The number of anilines is 1. The Morgan fingerprint density at radius 3 is 2.72 bits per heavy atom. The van der Waals surface area contributed by atoms with E-state index < -0.39 is 12.0 Å². The number of carboxylic acids is 1. The molecule has 1 aromatic carbocycles. The van der Waals surface area contributed by atoms with Crippen LogP contribution in [0.25, 0.3) is 0 Å². The fraction of sp³-hybridized carbons (Fsp3) is 0.294. The average Bonchev–Trinajstić information content (AvgIpc) is 3.22. The number of nitrogens with zero attached hydrogens (tertiary/aromatic N) is 4. The first-order valence-electron chi connectivity index (χ1n) is 7.95. The highest BCUT2D eigenvalue weighted by Gasteiger charge is 2.35. The molecular weight excluding hydrogens is 322 g/mol. The van der Waals surface area contributed by atoms with Gasteiger partial charge in [-0.05, 0) is 12.1 Å². The maximum atomic E-state index is 12.6. The Balaban J connectivity index is 1.67. The van der Waals surface area contributed by atoms with Gasteiger partial charge >= 0.3 is 5.97 Å². The molecule has 130 valence electrons. The normalized spacial score (nSPS) is 16.6. The highest BCUT2D eigenvalue weighted by Crippen LogP contribution is 2.24. The molecule has 1 aliphatic rings. The Morgan fingerprint density at radius 2 is 2.08 bits per heavy atom. The third-order valence-electron chi connectivity index (χ3n) is 4.05. The standard InChI is InChI=1S/C17H19N5O3/c1-21-10-9-18-15(21)7-8-19-16(23)14-11-13(17(24)25)20-22(14)12-5-3-2-4-6-12/h2-6,9-10,14H,7-8,11H2,1H3,(H,19,23)(H,24,25). The SMILES string of the molecule is Cn1ccnc1CCNC(=O)C1CC(C(=O)O)=NN1c1ccccc1. The summed E-state index contributed by atoms with van der Waals surface area (Å²) in [7, 11) is 1.89. The summed E-state index contributed by atoms with van der Waals surface area (Å²) < 4.78 is 1.89. The van der Waals surface area contributed by atoms with Crippen LogP contribution >= 0.6 is 0 Å². The van der Waals surface area contributed by atoms with Crippen molar-refractivity contribution in [2.24, 2.45) is 12.1 Å². The first-order chi connectivity index (χ1) is 12.1. The molecule has 8 nitrogen and oxygen atoms in total. The Labute approximate surface area is 144 Å². The van der Waals surface area contributed by atoms with Crippen LogP contribution in [-0.2, 0) is 23.1 Å². The summed E-state index contributed by atoms with van der Waals surface area (Å²) in [6.07, 6.45) is 4.22. The number of aryl methyl sites for hydroxylation is 1. The van der Waals surface area contributed by atoms with Crippen LogP contribution < -0.4 is 10.3 Å². The van der Waals surface area contributed by atoms with Gasteiger partial charge in [-0.2, -0.15) is 5.10 Å². The molecule has 2 aromatic rings. The van der Waals surface area contributed by atoms with Crippen molar-refractivity contribution in [1.82, 2.24) is 14.9 Å². The number of hydrogen-bond donors (Lipinski definition) is 2. The first-order valence-corrected chi connectivity index (χ1v) is 7.95. The number of carboxylic acid groups (broad SMARTS) is 1. The van der Waals surface area contributed by atoms with Gasteiger partial charge in [0.25, 0.3) is 0 Å². The molecule has 1 atom stereocenters. The highest BCUT2D eigenvalue weighted by molar-refractivity contribution is 6.37. The molecule has 0 spiro atoms. The van der Waals surface area contributed by atoms with Gasteiger partial charge in [-0.25, -0.2) is 9.78 Å². The Morgan fingerprint density at radius 1 is 1.32 bits per heavy atom. The van der Waals surface area contributed by atoms with E-state index in [2.05, 4.69) is 15.4 Å². The second-order valence-corrected chi connectivity index (χ2v) is 5.75. The monoisotopic (exact) mass is 341 g/mol. The van der Waals surface area contributed by atoms with E-state index in [9.17, 15) is 14.7 Å². The number of hydrazone groups is 1. The number of carbonyl (C=O) groups is 2. The topological polar surface area (TPSA) is 99.8 Å². The van der Waals surface area contributed by atoms with E-state index in [1.807, 2.05) is 36.0 Å². The summed E-state index contributed by atoms with van der Waals surface area (Å²) in [6, 6.07) is 8.41. The van der Waals surface area contributed by atoms with E-state index in [1.54, 1.807) is 18.3 Å². The molecule has 0 saturated carbocycles. The van der Waals surface area contributed by atoms with Crippen LogP contribution in [0.3, 0.4) is 0 Å². The van der Waals surface area contributed by atoms with Gasteiger partial charge in [0, 0.05) is 38.8 Å². The minimum Gasteiger partial charge on any atom is -0.477 e. The van der Waals surface area contributed by atoms with Gasteiger partial charge in [0.1, 0.15) is 17.6 Å². The molecule has 0 radical (unpaired) electrons. The van der Waals surface area contributed by atoms with Crippen LogP contribution in [0.4, 0.5) is 5.69 Å². The van der Waals surface area contributed by atoms with Crippen LogP contribution in [0.5, 0.6) is 0 Å². The third kappa shape index (κ3) is 3.68. The van der Waals surface area contributed by atoms with Crippen molar-refractivity contribution >= 4 is 23.3 Å². The van der Waals surface area contributed by atoms with Crippen LogP contribution in [0, 0.1) is 0 Å². The van der Waals surface area contributed by atoms with E-state index in [4.69, 9.17) is 0 Å². The quantitative estimate of drug-likeness (QED) is 0.809. The number of aliphatic carboxylic acids is 1. The molecule has 25 heavy (non-hydrogen) atoms. The predicted molar refractivity (Wildman–Crippen MR) is 92.3 cm³/mol. The molecule has 0 aliphatic carbocycles.